The van der Waals surface area contributed by atoms with Crippen molar-refractivity contribution in [1.29, 1.82) is 0 Å². The number of nitrogens with two attached hydrogens (primary N) is 1. The van der Waals surface area contributed by atoms with Crippen LogP contribution in [0.2, 0.25) is 0 Å². The second kappa shape index (κ2) is 9.44. The molecule has 0 unspecified atom stereocenters. The van der Waals surface area contributed by atoms with Crippen LogP contribution in [0.15, 0.2) is 41.5 Å². The average Bonchev–Trinajstić information content (AvgIpc) is 2.69. The predicted octanol–water partition coefficient (Wildman–Crippen LogP) is 3.08. The Bertz CT molecular complexity index is 935. The van der Waals surface area contributed by atoms with Gasteiger partial charge in [-0.25, -0.2) is 9.37 Å². The molecule has 3 rings (SSSR count). The van der Waals surface area contributed by atoms with Crippen molar-refractivity contribution >= 4 is 28.5 Å². The maximum atomic E-state index is 14.5. The van der Waals surface area contributed by atoms with E-state index in [0.29, 0.717) is 35.2 Å². The van der Waals surface area contributed by atoms with Crippen LogP contribution in [0, 0.1) is 5.82 Å². The fourth-order valence-electron chi connectivity index (χ4n) is 3.04. The molecule has 1 aliphatic rings. The fourth-order valence-corrected chi connectivity index (χ4v) is 4.01. The molecular weight excluding hydrogens is 405 g/mol. The number of ether oxygens (including phenoxy) is 1. The summed E-state index contributed by atoms with van der Waals surface area (Å²) < 4.78 is 20.1. The molecule has 0 saturated carbocycles. The maximum Gasteiger partial charge on any atom is 0.274 e. The molecule has 1 amide bonds. The Balaban J connectivity index is 1.70. The molecule has 160 valence electrons. The molecule has 1 aromatic heterocycles. The van der Waals surface area contributed by atoms with Crippen LogP contribution in [0.25, 0.3) is 0 Å². The minimum Gasteiger partial charge on any atom is -0.491 e. The Hall–Kier alpha value is -2.65. The first kappa shape index (κ1) is 22.0. The standard InChI is InChI=1S/C21H26FN5O2S/c1-21(8-11-30-20(23)26-21)16-12-14(4-6-17(16)22)25-19(28)18-7-5-15(13-24-18)29-10-9-27(2)3/h4-7,12-13H,8-11H2,1-3H3,(H2,23,26)(H,25,28)/t21-/m0/s1. The van der Waals surface area contributed by atoms with Gasteiger partial charge in [-0.15, -0.1) is 0 Å². The molecule has 0 bridgehead atoms. The molecule has 7 nitrogen and oxygen atoms in total. The van der Waals surface area contributed by atoms with Crippen LogP contribution >= 0.6 is 11.8 Å². The highest BCUT2D eigenvalue weighted by atomic mass is 32.2. The molecule has 1 aliphatic heterocycles. The summed E-state index contributed by atoms with van der Waals surface area (Å²) in [5, 5.41) is 3.21. The zero-order valence-electron chi connectivity index (χ0n) is 17.3. The molecule has 30 heavy (non-hydrogen) atoms. The Morgan fingerprint density at radius 3 is 2.83 bits per heavy atom. The summed E-state index contributed by atoms with van der Waals surface area (Å²) in [6.45, 7) is 3.16. The first-order valence-electron chi connectivity index (χ1n) is 9.60. The van der Waals surface area contributed by atoms with Gasteiger partial charge in [0, 0.05) is 23.5 Å². The molecule has 0 aliphatic carbocycles. The lowest BCUT2D eigenvalue weighted by atomic mass is 9.89. The number of nitrogens with zero attached hydrogens (tertiary/aromatic N) is 3. The normalized spacial score (nSPS) is 18.8. The van der Waals surface area contributed by atoms with E-state index in [1.807, 2.05) is 25.9 Å². The lowest BCUT2D eigenvalue weighted by Crippen LogP contribution is -2.29. The first-order chi connectivity index (χ1) is 14.3. The summed E-state index contributed by atoms with van der Waals surface area (Å²) in [5.74, 6) is 0.585. The third kappa shape index (κ3) is 5.48. The van der Waals surface area contributed by atoms with E-state index in [2.05, 4.69) is 15.3 Å². The highest BCUT2D eigenvalue weighted by molar-refractivity contribution is 8.13. The van der Waals surface area contributed by atoms with Gasteiger partial charge in [-0.1, -0.05) is 11.8 Å². The van der Waals surface area contributed by atoms with E-state index >= 15 is 0 Å². The number of carbonyl (C=O) groups excluding carboxylic acids is 1. The zero-order chi connectivity index (χ0) is 21.7. The predicted molar refractivity (Wildman–Crippen MR) is 119 cm³/mol. The van der Waals surface area contributed by atoms with Crippen LogP contribution in [0.5, 0.6) is 5.75 Å². The number of hydrogen-bond donors (Lipinski definition) is 2. The number of carbonyl (C=O) groups is 1. The number of aromatic nitrogens is 1. The number of benzene rings is 1. The molecule has 0 fully saturated rings. The molecule has 0 saturated heterocycles. The quantitative estimate of drug-likeness (QED) is 0.700. The van der Waals surface area contributed by atoms with E-state index in [9.17, 15) is 9.18 Å². The van der Waals surface area contributed by atoms with E-state index in [1.54, 1.807) is 18.2 Å². The SMILES string of the molecule is CN(C)CCOc1ccc(C(=O)Nc2ccc(F)c([C@]3(C)CCSC(N)=N3)c2)nc1. The minimum absolute atomic E-state index is 0.239. The molecule has 1 aromatic carbocycles. The van der Waals surface area contributed by atoms with Gasteiger partial charge in [-0.2, -0.15) is 0 Å². The van der Waals surface area contributed by atoms with E-state index in [4.69, 9.17) is 10.5 Å². The van der Waals surface area contributed by atoms with E-state index < -0.39 is 5.54 Å². The fraction of sp³-hybridized carbons (Fsp3) is 0.381. The molecule has 2 aromatic rings. The molecule has 3 N–H and O–H groups in total. The summed E-state index contributed by atoms with van der Waals surface area (Å²) in [7, 11) is 3.93. The van der Waals surface area contributed by atoms with Crippen LogP contribution in [0.3, 0.4) is 0 Å². The summed E-state index contributed by atoms with van der Waals surface area (Å²) in [5.41, 5.74) is 6.20. The van der Waals surface area contributed by atoms with Crippen molar-refractivity contribution in [2.45, 2.75) is 18.9 Å². The highest BCUT2D eigenvalue weighted by Crippen LogP contribution is 2.37. The number of thioether (sulfide) groups is 1. The van der Waals surface area contributed by atoms with Crippen LogP contribution in [-0.2, 0) is 5.54 Å². The topological polar surface area (TPSA) is 92.8 Å². The summed E-state index contributed by atoms with van der Waals surface area (Å²) in [6, 6.07) is 7.75. The molecule has 2 heterocycles. The van der Waals surface area contributed by atoms with Crippen LogP contribution < -0.4 is 15.8 Å². The maximum absolute atomic E-state index is 14.5. The van der Waals surface area contributed by atoms with Gasteiger partial charge in [0.1, 0.15) is 23.9 Å². The largest absolute Gasteiger partial charge is 0.491 e. The van der Waals surface area contributed by atoms with Gasteiger partial charge in [0.15, 0.2) is 5.17 Å². The molecular formula is C21H26FN5O2S. The lowest BCUT2D eigenvalue weighted by molar-refractivity contribution is 0.102. The Morgan fingerprint density at radius 1 is 1.37 bits per heavy atom. The van der Waals surface area contributed by atoms with Gasteiger partial charge >= 0.3 is 0 Å². The zero-order valence-corrected chi connectivity index (χ0v) is 18.1. The third-order valence-corrected chi connectivity index (χ3v) is 5.57. The van der Waals surface area contributed by atoms with Crippen LogP contribution in [0.1, 0.15) is 29.4 Å². The lowest BCUT2D eigenvalue weighted by Gasteiger charge is -2.30. The summed E-state index contributed by atoms with van der Waals surface area (Å²) in [6.07, 6.45) is 2.17. The van der Waals surface area contributed by atoms with Crippen molar-refractivity contribution in [2.75, 3.05) is 38.3 Å². The van der Waals surface area contributed by atoms with Crippen molar-refractivity contribution in [3.05, 3.63) is 53.6 Å². The molecule has 9 heteroatoms. The number of amidine groups is 1. The average molecular weight is 432 g/mol. The van der Waals surface area contributed by atoms with Crippen molar-refractivity contribution in [2.24, 2.45) is 10.7 Å². The van der Waals surface area contributed by atoms with E-state index in [-0.39, 0.29) is 17.4 Å². The number of likely N-dealkylation sites (N-methyl/N-ethyl adjacent to an activating group) is 1. The van der Waals surface area contributed by atoms with Crippen molar-refractivity contribution in [3.63, 3.8) is 0 Å². The smallest absolute Gasteiger partial charge is 0.274 e. The van der Waals surface area contributed by atoms with Crippen LogP contribution in [0.4, 0.5) is 10.1 Å². The Labute approximate surface area is 179 Å². The summed E-state index contributed by atoms with van der Waals surface area (Å²) in [4.78, 5) is 23.2. The van der Waals surface area contributed by atoms with Crippen LogP contribution in [-0.4, -0.2) is 54.0 Å². The molecule has 0 spiro atoms. The van der Waals surface area contributed by atoms with E-state index in [1.165, 1.54) is 30.1 Å². The third-order valence-electron chi connectivity index (χ3n) is 4.78. The molecule has 1 atom stereocenters. The van der Waals surface area contributed by atoms with Gasteiger partial charge in [0.05, 0.1) is 11.7 Å². The summed E-state index contributed by atoms with van der Waals surface area (Å²) >= 11 is 1.45. The van der Waals surface area contributed by atoms with Crippen molar-refractivity contribution in [3.8, 4) is 5.75 Å². The number of halogens is 1. The number of rotatable bonds is 7. The second-order valence-corrected chi connectivity index (χ2v) is 8.62. The number of amides is 1. The Kier molecular flexibility index (Phi) is 6.94. The first-order valence-corrected chi connectivity index (χ1v) is 10.6. The van der Waals surface area contributed by atoms with Gasteiger partial charge in [0.25, 0.3) is 5.91 Å². The number of pyridine rings is 1. The number of nitrogens with one attached hydrogen (secondary N) is 1. The molecule has 0 radical (unpaired) electrons. The number of aliphatic imine (C=N–C) groups is 1. The van der Waals surface area contributed by atoms with Gasteiger partial charge < -0.3 is 20.7 Å². The van der Waals surface area contributed by atoms with E-state index in [0.717, 1.165) is 12.3 Å². The van der Waals surface area contributed by atoms with Crippen molar-refractivity contribution in [1.82, 2.24) is 9.88 Å². The monoisotopic (exact) mass is 431 g/mol. The highest BCUT2D eigenvalue weighted by Gasteiger charge is 2.32. The Morgan fingerprint density at radius 2 is 2.17 bits per heavy atom. The number of anilines is 1. The number of hydrogen-bond acceptors (Lipinski definition) is 7. The second-order valence-electron chi connectivity index (χ2n) is 7.50. The van der Waals surface area contributed by atoms with Gasteiger partial charge in [-0.3, -0.25) is 9.79 Å². The van der Waals surface area contributed by atoms with Crippen molar-refractivity contribution < 1.29 is 13.9 Å². The van der Waals surface area contributed by atoms with Gasteiger partial charge in [-0.05, 0) is 57.8 Å². The van der Waals surface area contributed by atoms with Gasteiger partial charge in [0.2, 0.25) is 0 Å². The minimum atomic E-state index is -0.760.